The lowest BCUT2D eigenvalue weighted by Gasteiger charge is -2.10. The fraction of sp³-hybridized carbons (Fsp3) is 0.263. The van der Waals surface area contributed by atoms with Gasteiger partial charge in [-0.3, -0.25) is 4.79 Å². The summed E-state index contributed by atoms with van der Waals surface area (Å²) in [5, 5.41) is 4.77. The molecule has 132 valence electrons. The average molecular weight is 379 g/mol. The van der Waals surface area contributed by atoms with Crippen molar-refractivity contribution in [3.8, 4) is 5.75 Å². The lowest BCUT2D eigenvalue weighted by atomic mass is 9.99. The molecule has 2 aromatic rings. The zero-order chi connectivity index (χ0) is 18.2. The average Bonchev–Trinajstić information content (AvgIpc) is 2.62. The van der Waals surface area contributed by atoms with Crippen LogP contribution in [0.25, 0.3) is 0 Å². The van der Waals surface area contributed by atoms with Gasteiger partial charge in [0.1, 0.15) is 5.75 Å². The molecule has 0 saturated heterocycles. The second kappa shape index (κ2) is 9.44. The highest BCUT2D eigenvalue weighted by molar-refractivity contribution is 6.42. The smallest absolute Gasteiger partial charge is 0.277 e. The minimum absolute atomic E-state index is 0.110. The topological polar surface area (TPSA) is 50.7 Å². The molecule has 1 amide bonds. The summed E-state index contributed by atoms with van der Waals surface area (Å²) in [6.07, 6.45) is 2.57. The maximum Gasteiger partial charge on any atom is 0.277 e. The molecule has 1 N–H and O–H groups in total. The fourth-order valence-electron chi connectivity index (χ4n) is 2.08. The molecule has 0 aromatic heterocycles. The van der Waals surface area contributed by atoms with E-state index in [1.807, 2.05) is 24.3 Å². The second-order valence-electron chi connectivity index (χ2n) is 5.63. The van der Waals surface area contributed by atoms with Crippen molar-refractivity contribution in [2.24, 2.45) is 5.10 Å². The van der Waals surface area contributed by atoms with Gasteiger partial charge < -0.3 is 4.74 Å². The van der Waals surface area contributed by atoms with Gasteiger partial charge in [0.25, 0.3) is 5.91 Å². The van der Waals surface area contributed by atoms with Gasteiger partial charge in [0, 0.05) is 0 Å². The molecule has 0 spiro atoms. The lowest BCUT2D eigenvalue weighted by molar-refractivity contribution is -0.123. The largest absolute Gasteiger partial charge is 0.484 e. The molecule has 0 unspecified atom stereocenters. The summed E-state index contributed by atoms with van der Waals surface area (Å²) in [4.78, 5) is 11.8. The van der Waals surface area contributed by atoms with Crippen LogP contribution in [0, 0.1) is 0 Å². The molecule has 0 bridgehead atoms. The van der Waals surface area contributed by atoms with Gasteiger partial charge in [0.15, 0.2) is 6.61 Å². The highest BCUT2D eigenvalue weighted by Gasteiger charge is 2.05. The summed E-state index contributed by atoms with van der Waals surface area (Å²) in [6, 6.07) is 12.8. The first-order valence-corrected chi connectivity index (χ1v) is 8.75. The van der Waals surface area contributed by atoms with Crippen LogP contribution in [0.2, 0.25) is 10.0 Å². The number of benzene rings is 2. The van der Waals surface area contributed by atoms with E-state index in [1.54, 1.807) is 18.2 Å². The number of amides is 1. The molecule has 0 fully saturated rings. The highest BCUT2D eigenvalue weighted by Crippen LogP contribution is 2.22. The van der Waals surface area contributed by atoms with E-state index in [9.17, 15) is 4.79 Å². The van der Waals surface area contributed by atoms with Gasteiger partial charge >= 0.3 is 0 Å². The number of hydrogen-bond acceptors (Lipinski definition) is 3. The Kier molecular flexibility index (Phi) is 7.29. The van der Waals surface area contributed by atoms with E-state index >= 15 is 0 Å². The first-order valence-electron chi connectivity index (χ1n) is 7.99. The van der Waals surface area contributed by atoms with Gasteiger partial charge in [-0.15, -0.1) is 0 Å². The second-order valence-corrected chi connectivity index (χ2v) is 6.45. The summed E-state index contributed by atoms with van der Waals surface area (Å²) < 4.78 is 5.45. The quantitative estimate of drug-likeness (QED) is 0.542. The number of ether oxygens (including phenoxy) is 1. The van der Waals surface area contributed by atoms with Gasteiger partial charge in [-0.2, -0.15) is 5.10 Å². The number of nitrogens with one attached hydrogen (secondary N) is 1. The SMILES string of the molecule is CC[C@@H](C)c1ccc(OCC(=O)NN=Cc2ccc(Cl)c(Cl)c2)cc1. The number of carbonyl (C=O) groups is 1. The van der Waals surface area contributed by atoms with Crippen LogP contribution >= 0.6 is 23.2 Å². The Bertz CT molecular complexity index is 746. The molecule has 1 atom stereocenters. The fourth-order valence-corrected chi connectivity index (χ4v) is 2.39. The molecule has 0 heterocycles. The van der Waals surface area contributed by atoms with E-state index in [0.717, 1.165) is 12.0 Å². The number of hydrogen-bond donors (Lipinski definition) is 1. The Balaban J connectivity index is 1.80. The first-order chi connectivity index (χ1) is 12.0. The third-order valence-corrected chi connectivity index (χ3v) is 4.52. The molecule has 0 aliphatic heterocycles. The monoisotopic (exact) mass is 378 g/mol. The van der Waals surface area contributed by atoms with Crippen molar-refractivity contribution in [1.82, 2.24) is 5.43 Å². The van der Waals surface area contributed by atoms with Gasteiger partial charge in [-0.25, -0.2) is 5.43 Å². The standard InChI is InChI=1S/C19H20Cl2N2O2/c1-3-13(2)15-5-7-16(8-6-15)25-12-19(24)23-22-11-14-4-9-17(20)18(21)10-14/h4-11,13H,3,12H2,1-2H3,(H,23,24)/t13-/m1/s1. The molecule has 0 saturated carbocycles. The van der Waals surface area contributed by atoms with Crippen molar-refractivity contribution < 1.29 is 9.53 Å². The normalized spacial score (nSPS) is 12.2. The Morgan fingerprint density at radius 2 is 1.92 bits per heavy atom. The van der Waals surface area contributed by atoms with E-state index < -0.39 is 0 Å². The molecule has 2 aromatic carbocycles. The minimum Gasteiger partial charge on any atom is -0.484 e. The van der Waals surface area contributed by atoms with Crippen LogP contribution in [0.3, 0.4) is 0 Å². The van der Waals surface area contributed by atoms with Crippen LogP contribution in [0.1, 0.15) is 37.3 Å². The number of nitrogens with zero attached hydrogens (tertiary/aromatic N) is 1. The van der Waals surface area contributed by atoms with Gasteiger partial charge in [-0.05, 0) is 47.7 Å². The van der Waals surface area contributed by atoms with Crippen LogP contribution in [0.4, 0.5) is 0 Å². The predicted molar refractivity (Wildman–Crippen MR) is 103 cm³/mol. The summed E-state index contributed by atoms with van der Waals surface area (Å²) in [5.74, 6) is 0.811. The Hall–Kier alpha value is -2.04. The van der Waals surface area contributed by atoms with Crippen molar-refractivity contribution in [2.75, 3.05) is 6.61 Å². The molecular weight excluding hydrogens is 359 g/mol. The number of carbonyl (C=O) groups excluding carboxylic acids is 1. The number of rotatable bonds is 7. The van der Waals surface area contributed by atoms with Crippen LogP contribution in [0.15, 0.2) is 47.6 Å². The van der Waals surface area contributed by atoms with E-state index in [2.05, 4.69) is 24.4 Å². The molecule has 0 aliphatic rings. The lowest BCUT2D eigenvalue weighted by Crippen LogP contribution is -2.24. The molecule has 4 nitrogen and oxygen atoms in total. The summed E-state index contributed by atoms with van der Waals surface area (Å²) in [7, 11) is 0. The summed E-state index contributed by atoms with van der Waals surface area (Å²) >= 11 is 11.7. The maximum absolute atomic E-state index is 11.8. The maximum atomic E-state index is 11.8. The number of halogens is 2. The molecule has 6 heteroatoms. The van der Waals surface area contributed by atoms with Crippen molar-refractivity contribution in [2.45, 2.75) is 26.2 Å². The Morgan fingerprint density at radius 3 is 2.56 bits per heavy atom. The summed E-state index contributed by atoms with van der Waals surface area (Å²) in [5.41, 5.74) is 4.39. The van der Waals surface area contributed by atoms with Gasteiger partial charge in [0.2, 0.25) is 0 Å². The van der Waals surface area contributed by atoms with Crippen molar-refractivity contribution in [1.29, 1.82) is 0 Å². The Morgan fingerprint density at radius 1 is 1.20 bits per heavy atom. The predicted octanol–water partition coefficient (Wildman–Crippen LogP) is 5.04. The zero-order valence-electron chi connectivity index (χ0n) is 14.1. The zero-order valence-corrected chi connectivity index (χ0v) is 15.6. The third kappa shape index (κ3) is 6.07. The van der Waals surface area contributed by atoms with Crippen LogP contribution in [0.5, 0.6) is 5.75 Å². The number of hydrazone groups is 1. The van der Waals surface area contributed by atoms with Crippen molar-refractivity contribution in [3.63, 3.8) is 0 Å². The molecule has 0 radical (unpaired) electrons. The van der Waals surface area contributed by atoms with Crippen LogP contribution < -0.4 is 10.2 Å². The van der Waals surface area contributed by atoms with Crippen LogP contribution in [-0.2, 0) is 4.79 Å². The van der Waals surface area contributed by atoms with E-state index in [4.69, 9.17) is 27.9 Å². The first kappa shape index (κ1) is 19.3. The van der Waals surface area contributed by atoms with E-state index in [0.29, 0.717) is 21.7 Å². The van der Waals surface area contributed by atoms with E-state index in [-0.39, 0.29) is 12.5 Å². The van der Waals surface area contributed by atoms with Crippen molar-refractivity contribution >= 4 is 35.3 Å². The molecule has 0 aliphatic carbocycles. The van der Waals surface area contributed by atoms with Crippen LogP contribution in [-0.4, -0.2) is 18.7 Å². The third-order valence-electron chi connectivity index (χ3n) is 3.78. The molecule has 25 heavy (non-hydrogen) atoms. The van der Waals surface area contributed by atoms with Crippen molar-refractivity contribution in [3.05, 3.63) is 63.6 Å². The minimum atomic E-state index is -0.345. The van der Waals surface area contributed by atoms with Gasteiger partial charge in [-0.1, -0.05) is 55.2 Å². The summed E-state index contributed by atoms with van der Waals surface area (Å²) in [6.45, 7) is 4.22. The van der Waals surface area contributed by atoms with E-state index in [1.165, 1.54) is 11.8 Å². The molecular formula is C19H20Cl2N2O2. The highest BCUT2D eigenvalue weighted by atomic mass is 35.5. The molecule has 2 rings (SSSR count). The van der Waals surface area contributed by atoms with Gasteiger partial charge in [0.05, 0.1) is 16.3 Å². The Labute approximate surface area is 157 Å².